The number of esters is 1. The van der Waals surface area contributed by atoms with Gasteiger partial charge in [-0.1, -0.05) is 31.0 Å². The van der Waals surface area contributed by atoms with Crippen LogP contribution in [0.1, 0.15) is 25.8 Å². The lowest BCUT2D eigenvalue weighted by Gasteiger charge is -2.15. The van der Waals surface area contributed by atoms with Gasteiger partial charge in [0.15, 0.2) is 0 Å². The van der Waals surface area contributed by atoms with E-state index >= 15 is 0 Å². The molecule has 7 heteroatoms. The van der Waals surface area contributed by atoms with Gasteiger partial charge < -0.3 is 20.3 Å². The van der Waals surface area contributed by atoms with Crippen molar-refractivity contribution < 1.29 is 14.3 Å². The Balaban J connectivity index is 2.10. The van der Waals surface area contributed by atoms with Crippen LogP contribution in [-0.4, -0.2) is 37.1 Å². The number of carbonyl (C=O) groups is 2. The minimum Gasteiger partial charge on any atom is -0.451 e. The van der Waals surface area contributed by atoms with E-state index in [1.165, 1.54) is 0 Å². The molecule has 0 radical (unpaired) electrons. The predicted octanol–water partition coefficient (Wildman–Crippen LogP) is 3.13. The average Bonchev–Trinajstić information content (AvgIpc) is 2.76. The van der Waals surface area contributed by atoms with Gasteiger partial charge in [-0.15, -0.1) is 0 Å². The van der Waals surface area contributed by atoms with E-state index in [9.17, 15) is 9.59 Å². The average molecular weight is 352 g/mol. The Kier molecular flexibility index (Phi) is 5.72. The fraction of sp³-hybridized carbons (Fsp3) is 0.412. The van der Waals surface area contributed by atoms with Gasteiger partial charge in [0.05, 0.1) is 5.70 Å². The summed E-state index contributed by atoms with van der Waals surface area (Å²) in [5.74, 6) is -0.449. The third-order valence-corrected chi connectivity index (χ3v) is 4.02. The summed E-state index contributed by atoms with van der Waals surface area (Å²) in [6, 6.07) is 4.97. The molecule has 0 aliphatic carbocycles. The zero-order valence-electron chi connectivity index (χ0n) is 14.3. The molecule has 0 saturated carbocycles. The number of carbonyl (C=O) groups excluding carboxylic acids is 2. The summed E-state index contributed by atoms with van der Waals surface area (Å²) in [5.41, 5.74) is 2.42. The number of halogens is 1. The summed E-state index contributed by atoms with van der Waals surface area (Å²) in [6.45, 7) is 3.79. The fourth-order valence-electron chi connectivity index (χ4n) is 2.54. The van der Waals surface area contributed by atoms with Crippen LogP contribution in [-0.2, 0) is 16.0 Å². The van der Waals surface area contributed by atoms with E-state index in [0.717, 1.165) is 18.4 Å². The van der Waals surface area contributed by atoms with Crippen LogP contribution in [0.3, 0.4) is 0 Å². The van der Waals surface area contributed by atoms with Crippen molar-refractivity contribution in [2.75, 3.05) is 19.4 Å². The Hall–Kier alpha value is -2.21. The maximum Gasteiger partial charge on any atom is 0.357 e. The van der Waals surface area contributed by atoms with Gasteiger partial charge in [-0.25, -0.2) is 9.59 Å². The molecule has 1 aromatic carbocycles. The van der Waals surface area contributed by atoms with Gasteiger partial charge in [0.1, 0.15) is 11.8 Å². The molecule has 1 heterocycles. The maximum absolute atomic E-state index is 12.2. The molecule has 1 aliphatic heterocycles. The second-order valence-corrected chi connectivity index (χ2v) is 6.25. The predicted molar refractivity (Wildman–Crippen MR) is 93.9 cm³/mol. The number of amides is 2. The highest BCUT2D eigenvalue weighted by Gasteiger charge is 2.33. The Morgan fingerprint density at radius 2 is 2.04 bits per heavy atom. The number of nitrogens with zero attached hydrogens (tertiary/aromatic N) is 1. The second kappa shape index (κ2) is 7.57. The molecule has 130 valence electrons. The van der Waals surface area contributed by atoms with E-state index < -0.39 is 18.1 Å². The van der Waals surface area contributed by atoms with Gasteiger partial charge in [-0.3, -0.25) is 0 Å². The first kappa shape index (κ1) is 18.1. The summed E-state index contributed by atoms with van der Waals surface area (Å²) in [6.07, 6.45) is 1.39. The molecule has 0 saturated heterocycles. The molecule has 2 amide bonds. The van der Waals surface area contributed by atoms with Gasteiger partial charge in [-0.2, -0.15) is 0 Å². The normalized spacial score (nSPS) is 16.9. The minimum atomic E-state index is -0.504. The molecular formula is C17H22ClN3O3. The largest absolute Gasteiger partial charge is 0.451 e. The third-order valence-electron chi connectivity index (χ3n) is 3.66. The van der Waals surface area contributed by atoms with E-state index in [0.29, 0.717) is 22.1 Å². The quantitative estimate of drug-likeness (QED) is 0.799. The lowest BCUT2D eigenvalue weighted by atomic mass is 10.1. The topological polar surface area (TPSA) is 70.7 Å². The third kappa shape index (κ3) is 4.00. The van der Waals surface area contributed by atoms with Crippen molar-refractivity contribution >= 4 is 29.3 Å². The Morgan fingerprint density at radius 3 is 2.62 bits per heavy atom. The molecule has 2 N–H and O–H groups in total. The number of likely N-dealkylation sites (N-methyl/N-ethyl adjacent to an activating group) is 1. The van der Waals surface area contributed by atoms with Gasteiger partial charge in [0.25, 0.3) is 0 Å². The van der Waals surface area contributed by atoms with Crippen molar-refractivity contribution in [2.24, 2.45) is 0 Å². The smallest absolute Gasteiger partial charge is 0.357 e. The van der Waals surface area contributed by atoms with Crippen LogP contribution in [0.2, 0.25) is 5.02 Å². The summed E-state index contributed by atoms with van der Waals surface area (Å²) >= 11 is 6.22. The lowest BCUT2D eigenvalue weighted by Crippen LogP contribution is -2.33. The number of cyclic esters (lactones) is 1. The molecule has 1 aromatic rings. The summed E-state index contributed by atoms with van der Waals surface area (Å²) in [4.78, 5) is 25.7. The summed E-state index contributed by atoms with van der Waals surface area (Å²) in [7, 11) is 3.45. The molecule has 0 aromatic heterocycles. The molecule has 0 spiro atoms. The Morgan fingerprint density at radius 1 is 1.33 bits per heavy atom. The van der Waals surface area contributed by atoms with Crippen LogP contribution < -0.4 is 10.6 Å². The van der Waals surface area contributed by atoms with Crippen LogP contribution in [0.25, 0.3) is 0 Å². The number of hydrogen-bond donors (Lipinski definition) is 2. The molecule has 1 unspecified atom stereocenters. The molecular weight excluding hydrogens is 330 g/mol. The van der Waals surface area contributed by atoms with Gasteiger partial charge in [0, 0.05) is 24.8 Å². The highest BCUT2D eigenvalue weighted by Crippen LogP contribution is 2.24. The molecule has 2 rings (SSSR count). The maximum atomic E-state index is 12.2. The van der Waals surface area contributed by atoms with Gasteiger partial charge in [0.2, 0.25) is 0 Å². The van der Waals surface area contributed by atoms with Crippen LogP contribution in [0, 0.1) is 0 Å². The zero-order chi connectivity index (χ0) is 17.9. The standard InChI is InChI=1S/C17H22ClN3O3/c1-5-6-11-7-8-12(9-13(11)18)19-17(23)20-14-10(2)24-16(22)15(14)21(3)4/h7-10H,5-6H2,1-4H3,(H2,19,20,23). The zero-order valence-corrected chi connectivity index (χ0v) is 15.0. The minimum absolute atomic E-state index is 0.342. The number of anilines is 1. The van der Waals surface area contributed by atoms with Crippen molar-refractivity contribution in [1.29, 1.82) is 0 Å². The number of benzene rings is 1. The highest BCUT2D eigenvalue weighted by molar-refractivity contribution is 6.31. The first-order valence-corrected chi connectivity index (χ1v) is 8.20. The van der Waals surface area contributed by atoms with Crippen molar-refractivity contribution in [3.63, 3.8) is 0 Å². The number of ether oxygens (including phenoxy) is 1. The molecule has 0 bridgehead atoms. The second-order valence-electron chi connectivity index (χ2n) is 5.84. The first-order chi connectivity index (χ1) is 11.3. The number of rotatable bonds is 5. The van der Waals surface area contributed by atoms with Crippen LogP contribution in [0.15, 0.2) is 29.6 Å². The van der Waals surface area contributed by atoms with Crippen molar-refractivity contribution in [3.05, 3.63) is 40.2 Å². The van der Waals surface area contributed by atoms with E-state index in [1.807, 2.05) is 6.07 Å². The van der Waals surface area contributed by atoms with Crippen molar-refractivity contribution in [3.8, 4) is 0 Å². The monoisotopic (exact) mass is 351 g/mol. The van der Waals surface area contributed by atoms with Crippen LogP contribution >= 0.6 is 11.6 Å². The first-order valence-electron chi connectivity index (χ1n) is 7.82. The molecule has 1 aliphatic rings. The molecule has 0 fully saturated rings. The van der Waals surface area contributed by atoms with Crippen LogP contribution in [0.4, 0.5) is 10.5 Å². The van der Waals surface area contributed by atoms with E-state index in [-0.39, 0.29) is 0 Å². The Bertz CT molecular complexity index is 686. The number of nitrogens with one attached hydrogen (secondary N) is 2. The number of aryl methyl sites for hydroxylation is 1. The van der Waals surface area contributed by atoms with Crippen molar-refractivity contribution in [1.82, 2.24) is 10.2 Å². The van der Waals surface area contributed by atoms with Crippen LogP contribution in [0.5, 0.6) is 0 Å². The highest BCUT2D eigenvalue weighted by atomic mass is 35.5. The molecule has 1 atom stereocenters. The number of hydrogen-bond acceptors (Lipinski definition) is 4. The lowest BCUT2D eigenvalue weighted by molar-refractivity contribution is -0.140. The fourth-order valence-corrected chi connectivity index (χ4v) is 2.82. The van der Waals surface area contributed by atoms with Gasteiger partial charge in [-0.05, 0) is 31.0 Å². The summed E-state index contributed by atoms with van der Waals surface area (Å²) < 4.78 is 5.14. The van der Waals surface area contributed by atoms with E-state index in [2.05, 4.69) is 17.6 Å². The van der Waals surface area contributed by atoms with E-state index in [4.69, 9.17) is 16.3 Å². The number of urea groups is 1. The SMILES string of the molecule is CCCc1ccc(NC(=O)NC2=C(N(C)C)C(=O)OC2C)cc1Cl. The molecule has 24 heavy (non-hydrogen) atoms. The molecule has 6 nitrogen and oxygen atoms in total. The van der Waals surface area contributed by atoms with E-state index in [1.54, 1.807) is 38.1 Å². The van der Waals surface area contributed by atoms with Gasteiger partial charge >= 0.3 is 12.0 Å². The van der Waals surface area contributed by atoms with Crippen molar-refractivity contribution in [2.45, 2.75) is 32.8 Å². The Labute approximate surface area is 146 Å². The summed E-state index contributed by atoms with van der Waals surface area (Å²) in [5, 5.41) is 6.04.